The molecule has 0 spiro atoms. The SMILES string of the molecule is COc1ccc(-c2cc(=O)n(CCNC(=O)Cn3cnc4ccccc4c3=O)cn2)cc1. The van der Waals surface area contributed by atoms with Gasteiger partial charge in [0.15, 0.2) is 0 Å². The fourth-order valence-electron chi connectivity index (χ4n) is 3.26. The van der Waals surface area contributed by atoms with E-state index in [1.807, 2.05) is 12.1 Å². The summed E-state index contributed by atoms with van der Waals surface area (Å²) in [5.41, 5.74) is 1.44. The Hall–Kier alpha value is -4.27. The maximum atomic E-state index is 12.5. The summed E-state index contributed by atoms with van der Waals surface area (Å²) < 4.78 is 7.80. The van der Waals surface area contributed by atoms with Gasteiger partial charge in [-0.25, -0.2) is 9.97 Å². The van der Waals surface area contributed by atoms with E-state index < -0.39 is 0 Å². The topological polar surface area (TPSA) is 108 Å². The minimum atomic E-state index is -0.347. The molecule has 0 atom stereocenters. The molecule has 4 rings (SSSR count). The normalized spacial score (nSPS) is 10.8. The second-order valence-corrected chi connectivity index (χ2v) is 7.08. The molecule has 0 fully saturated rings. The van der Waals surface area contributed by atoms with Crippen molar-refractivity contribution < 1.29 is 9.53 Å². The number of carbonyl (C=O) groups is 1. The second kappa shape index (κ2) is 9.25. The Morgan fingerprint density at radius 2 is 1.75 bits per heavy atom. The molecule has 2 heterocycles. The molecule has 0 unspecified atom stereocenters. The van der Waals surface area contributed by atoms with Gasteiger partial charge in [0.1, 0.15) is 12.3 Å². The van der Waals surface area contributed by atoms with Gasteiger partial charge in [0.2, 0.25) is 5.91 Å². The Labute approximate surface area is 182 Å². The predicted octanol–water partition coefficient (Wildman–Crippen LogP) is 1.45. The minimum absolute atomic E-state index is 0.153. The number of para-hydroxylation sites is 1. The maximum Gasteiger partial charge on any atom is 0.261 e. The van der Waals surface area contributed by atoms with Crippen LogP contribution >= 0.6 is 0 Å². The van der Waals surface area contributed by atoms with Crippen molar-refractivity contribution in [2.75, 3.05) is 13.7 Å². The Kier molecular flexibility index (Phi) is 6.07. The monoisotopic (exact) mass is 431 g/mol. The van der Waals surface area contributed by atoms with Crippen LogP contribution in [-0.4, -0.2) is 38.7 Å². The third kappa shape index (κ3) is 4.56. The average Bonchev–Trinajstić information content (AvgIpc) is 2.82. The number of hydrogen-bond donors (Lipinski definition) is 1. The molecule has 162 valence electrons. The maximum absolute atomic E-state index is 12.5. The third-order valence-electron chi connectivity index (χ3n) is 4.99. The Balaban J connectivity index is 1.36. The molecule has 0 radical (unpaired) electrons. The van der Waals surface area contributed by atoms with Crippen molar-refractivity contribution in [1.29, 1.82) is 0 Å². The van der Waals surface area contributed by atoms with Crippen LogP contribution in [0.5, 0.6) is 5.75 Å². The van der Waals surface area contributed by atoms with Crippen molar-refractivity contribution >= 4 is 16.8 Å². The molecule has 0 aliphatic heterocycles. The zero-order valence-electron chi connectivity index (χ0n) is 17.4. The van der Waals surface area contributed by atoms with Crippen molar-refractivity contribution in [2.24, 2.45) is 0 Å². The number of amides is 1. The van der Waals surface area contributed by atoms with Crippen molar-refractivity contribution in [3.63, 3.8) is 0 Å². The number of rotatable bonds is 7. The van der Waals surface area contributed by atoms with Crippen molar-refractivity contribution in [1.82, 2.24) is 24.4 Å². The lowest BCUT2D eigenvalue weighted by Crippen LogP contribution is -2.35. The number of benzene rings is 2. The summed E-state index contributed by atoms with van der Waals surface area (Å²) in [6, 6.07) is 15.7. The van der Waals surface area contributed by atoms with Gasteiger partial charge >= 0.3 is 0 Å². The highest BCUT2D eigenvalue weighted by Gasteiger charge is 2.08. The average molecular weight is 431 g/mol. The first-order valence-electron chi connectivity index (χ1n) is 9.97. The summed E-state index contributed by atoms with van der Waals surface area (Å²) in [7, 11) is 1.59. The van der Waals surface area contributed by atoms with E-state index in [0.717, 1.165) is 11.3 Å². The molecule has 2 aromatic heterocycles. The molecule has 1 amide bonds. The van der Waals surface area contributed by atoms with E-state index in [9.17, 15) is 14.4 Å². The predicted molar refractivity (Wildman–Crippen MR) is 119 cm³/mol. The van der Waals surface area contributed by atoms with Crippen LogP contribution in [0.2, 0.25) is 0 Å². The molecular weight excluding hydrogens is 410 g/mol. The van der Waals surface area contributed by atoms with Crippen molar-refractivity contribution in [3.8, 4) is 17.0 Å². The molecule has 9 heteroatoms. The van der Waals surface area contributed by atoms with Gasteiger partial charge in [-0.1, -0.05) is 12.1 Å². The van der Waals surface area contributed by atoms with Gasteiger partial charge < -0.3 is 10.1 Å². The number of aromatic nitrogens is 4. The van der Waals surface area contributed by atoms with Crippen molar-refractivity contribution in [3.05, 3.63) is 88.0 Å². The Bertz CT molecular complexity index is 1380. The van der Waals surface area contributed by atoms with Crippen molar-refractivity contribution in [2.45, 2.75) is 13.1 Å². The van der Waals surface area contributed by atoms with E-state index in [1.165, 1.54) is 27.9 Å². The lowest BCUT2D eigenvalue weighted by atomic mass is 10.1. The molecule has 0 saturated carbocycles. The van der Waals surface area contributed by atoms with Gasteiger partial charge in [-0.3, -0.25) is 23.5 Å². The fraction of sp³-hybridized carbons (Fsp3) is 0.174. The highest BCUT2D eigenvalue weighted by atomic mass is 16.5. The summed E-state index contributed by atoms with van der Waals surface area (Å²) in [5.74, 6) is 0.375. The number of nitrogens with one attached hydrogen (secondary N) is 1. The van der Waals surface area contributed by atoms with E-state index in [0.29, 0.717) is 16.6 Å². The Morgan fingerprint density at radius 3 is 2.50 bits per heavy atom. The zero-order valence-corrected chi connectivity index (χ0v) is 17.4. The summed E-state index contributed by atoms with van der Waals surface area (Å²) in [5, 5.41) is 3.17. The van der Waals surface area contributed by atoms with Gasteiger partial charge in [-0.2, -0.15) is 0 Å². The standard InChI is InChI=1S/C23H21N5O4/c1-32-17-8-6-16(7-9-17)20-12-22(30)27(14-26-20)11-10-24-21(29)13-28-15-25-19-5-3-2-4-18(19)23(28)31/h2-9,12,14-15H,10-11,13H2,1H3,(H,24,29). The van der Waals surface area contributed by atoms with Crippen LogP contribution in [0.15, 0.2) is 76.8 Å². The highest BCUT2D eigenvalue weighted by Crippen LogP contribution is 2.19. The van der Waals surface area contributed by atoms with E-state index in [4.69, 9.17) is 4.74 Å². The van der Waals surface area contributed by atoms with Crippen LogP contribution in [0.4, 0.5) is 0 Å². The first-order valence-corrected chi connectivity index (χ1v) is 9.97. The van der Waals surface area contributed by atoms with E-state index in [1.54, 1.807) is 43.5 Å². The zero-order chi connectivity index (χ0) is 22.5. The quantitative estimate of drug-likeness (QED) is 0.475. The number of ether oxygens (including phenoxy) is 1. The molecular formula is C23H21N5O4. The fourth-order valence-corrected chi connectivity index (χ4v) is 3.26. The lowest BCUT2D eigenvalue weighted by Gasteiger charge is -2.10. The number of hydrogen-bond acceptors (Lipinski definition) is 6. The molecule has 0 bridgehead atoms. The van der Waals surface area contributed by atoms with Crippen LogP contribution in [0.25, 0.3) is 22.2 Å². The number of carbonyl (C=O) groups excluding carboxylic acids is 1. The van der Waals surface area contributed by atoms with E-state index in [-0.39, 0.29) is 36.7 Å². The summed E-state index contributed by atoms with van der Waals surface area (Å²) in [4.78, 5) is 45.7. The molecule has 4 aromatic rings. The first kappa shape index (κ1) is 21.0. The number of methoxy groups -OCH3 is 1. The van der Waals surface area contributed by atoms with Gasteiger partial charge in [-0.15, -0.1) is 0 Å². The summed E-state index contributed by atoms with van der Waals surface area (Å²) >= 11 is 0. The van der Waals surface area contributed by atoms with Gasteiger partial charge in [0, 0.05) is 24.7 Å². The van der Waals surface area contributed by atoms with Gasteiger partial charge in [0.05, 0.1) is 36.4 Å². The summed E-state index contributed by atoms with van der Waals surface area (Å²) in [6.45, 7) is 0.323. The molecule has 9 nitrogen and oxygen atoms in total. The van der Waals surface area contributed by atoms with Crippen LogP contribution in [0, 0.1) is 0 Å². The largest absolute Gasteiger partial charge is 0.497 e. The first-order chi connectivity index (χ1) is 15.5. The second-order valence-electron chi connectivity index (χ2n) is 7.08. The Morgan fingerprint density at radius 1 is 1.00 bits per heavy atom. The van der Waals surface area contributed by atoms with Crippen LogP contribution in [0.3, 0.4) is 0 Å². The number of nitrogens with zero attached hydrogens (tertiary/aromatic N) is 4. The smallest absolute Gasteiger partial charge is 0.261 e. The molecule has 1 N–H and O–H groups in total. The molecule has 2 aromatic carbocycles. The van der Waals surface area contributed by atoms with E-state index >= 15 is 0 Å². The molecule has 0 saturated heterocycles. The lowest BCUT2D eigenvalue weighted by molar-refractivity contribution is -0.121. The minimum Gasteiger partial charge on any atom is -0.497 e. The number of fused-ring (bicyclic) bond motifs is 1. The van der Waals surface area contributed by atoms with E-state index in [2.05, 4.69) is 15.3 Å². The van der Waals surface area contributed by atoms with Gasteiger partial charge in [0.25, 0.3) is 11.1 Å². The highest BCUT2D eigenvalue weighted by molar-refractivity contribution is 5.78. The van der Waals surface area contributed by atoms with Crippen LogP contribution < -0.4 is 21.2 Å². The van der Waals surface area contributed by atoms with Crippen LogP contribution in [0.1, 0.15) is 0 Å². The van der Waals surface area contributed by atoms with Gasteiger partial charge in [-0.05, 0) is 36.4 Å². The third-order valence-corrected chi connectivity index (χ3v) is 4.99. The summed E-state index contributed by atoms with van der Waals surface area (Å²) in [6.07, 6.45) is 2.81. The molecule has 0 aliphatic carbocycles. The van der Waals surface area contributed by atoms with Crippen LogP contribution in [-0.2, 0) is 17.9 Å². The molecule has 32 heavy (non-hydrogen) atoms. The molecule has 0 aliphatic rings.